The first kappa shape index (κ1) is 20.7. The molecule has 0 aliphatic rings. The highest BCUT2D eigenvalue weighted by molar-refractivity contribution is 6.27. The van der Waals surface area contributed by atoms with E-state index in [2.05, 4.69) is 143 Å². The highest BCUT2D eigenvalue weighted by Crippen LogP contribution is 2.45. The molecule has 0 saturated carbocycles. The summed E-state index contributed by atoms with van der Waals surface area (Å²) in [6, 6.07) is 47.4. The van der Waals surface area contributed by atoms with Gasteiger partial charge in [0.2, 0.25) is 0 Å². The lowest BCUT2D eigenvalue weighted by molar-refractivity contribution is 0.675. The van der Waals surface area contributed by atoms with Crippen LogP contribution in [0.3, 0.4) is 0 Å². The third-order valence-corrected chi connectivity index (χ3v) is 8.09. The van der Waals surface area contributed by atoms with E-state index in [1.807, 2.05) is 0 Å². The summed E-state index contributed by atoms with van der Waals surface area (Å²) < 4.78 is 11.7. The van der Waals surface area contributed by atoms with Crippen molar-refractivity contribution in [3.63, 3.8) is 0 Å². The summed E-state index contributed by atoms with van der Waals surface area (Å²) >= 11 is 0. The molecule has 0 saturated heterocycles. The van der Waals surface area contributed by atoms with Crippen molar-refractivity contribution in [1.82, 2.24) is 9.13 Å². The van der Waals surface area contributed by atoms with Crippen molar-refractivity contribution in [3.05, 3.63) is 133 Å². The number of aromatic nitrogens is 2. The molecule has 3 nitrogen and oxygen atoms in total. The first-order valence-corrected chi connectivity index (χ1v) is 13.3. The lowest BCUT2D eigenvalue weighted by Gasteiger charge is -2.10. The molecule has 0 radical (unpaired) electrons. The van der Waals surface area contributed by atoms with Crippen LogP contribution in [0.4, 0.5) is 0 Å². The number of rotatable bonds is 2. The lowest BCUT2D eigenvalue weighted by Crippen LogP contribution is -1.95. The maximum atomic E-state index is 6.94. The van der Waals surface area contributed by atoms with Gasteiger partial charge < -0.3 is 13.6 Å². The molecule has 0 N–H and O–H groups in total. The van der Waals surface area contributed by atoms with Gasteiger partial charge in [-0.3, -0.25) is 0 Å². The van der Waals surface area contributed by atoms with Crippen molar-refractivity contribution >= 4 is 65.6 Å². The number of para-hydroxylation sites is 3. The third-order valence-electron chi connectivity index (χ3n) is 8.09. The Bertz CT molecular complexity index is 2370. The van der Waals surface area contributed by atoms with Crippen LogP contribution in [0.15, 0.2) is 138 Å². The zero-order valence-electron chi connectivity index (χ0n) is 21.0. The highest BCUT2D eigenvalue weighted by atomic mass is 16.3. The largest absolute Gasteiger partial charge is 0.451 e. The van der Waals surface area contributed by atoms with Crippen LogP contribution in [0.25, 0.3) is 76.9 Å². The van der Waals surface area contributed by atoms with Crippen molar-refractivity contribution in [2.24, 2.45) is 0 Å². The molecule has 3 aromatic heterocycles. The second kappa shape index (κ2) is 7.62. The van der Waals surface area contributed by atoms with Gasteiger partial charge in [0, 0.05) is 38.3 Å². The van der Waals surface area contributed by atoms with E-state index in [0.29, 0.717) is 0 Å². The van der Waals surface area contributed by atoms with Crippen LogP contribution in [0.1, 0.15) is 0 Å². The van der Waals surface area contributed by atoms with E-state index in [1.165, 1.54) is 27.1 Å². The number of fused-ring (bicyclic) bond motifs is 11. The van der Waals surface area contributed by atoms with Crippen LogP contribution in [-0.2, 0) is 0 Å². The average Bonchev–Trinajstić information content (AvgIpc) is 3.65. The van der Waals surface area contributed by atoms with Gasteiger partial charge in [0.25, 0.3) is 0 Å². The Morgan fingerprint density at radius 1 is 0.359 bits per heavy atom. The van der Waals surface area contributed by atoms with Crippen molar-refractivity contribution < 1.29 is 4.42 Å². The summed E-state index contributed by atoms with van der Waals surface area (Å²) in [4.78, 5) is 0. The molecular formula is C36H22N2O. The van der Waals surface area contributed by atoms with E-state index in [9.17, 15) is 0 Å². The number of benzene rings is 6. The normalized spacial score (nSPS) is 12.1. The van der Waals surface area contributed by atoms with Gasteiger partial charge in [-0.2, -0.15) is 0 Å². The van der Waals surface area contributed by atoms with Crippen molar-refractivity contribution in [3.8, 4) is 11.4 Å². The van der Waals surface area contributed by atoms with Crippen LogP contribution in [-0.4, -0.2) is 9.13 Å². The molecule has 0 atom stereocenters. The Morgan fingerprint density at radius 3 is 1.69 bits per heavy atom. The van der Waals surface area contributed by atoms with E-state index in [-0.39, 0.29) is 0 Å². The molecule has 6 aromatic carbocycles. The van der Waals surface area contributed by atoms with Gasteiger partial charge in [0.1, 0.15) is 5.52 Å². The lowest BCUT2D eigenvalue weighted by atomic mass is 10.1. The first-order chi connectivity index (χ1) is 19.4. The second-order valence-corrected chi connectivity index (χ2v) is 10.2. The Balaban J connectivity index is 1.54. The fraction of sp³-hybridized carbons (Fsp3) is 0. The minimum absolute atomic E-state index is 0.914. The molecule has 3 heterocycles. The predicted octanol–water partition coefficient (Wildman–Crippen LogP) is 9.78. The van der Waals surface area contributed by atoms with E-state index in [0.717, 1.165) is 49.9 Å². The van der Waals surface area contributed by atoms with E-state index >= 15 is 0 Å². The maximum absolute atomic E-state index is 6.94. The van der Waals surface area contributed by atoms with E-state index in [1.54, 1.807) is 0 Å². The summed E-state index contributed by atoms with van der Waals surface area (Å²) in [5.41, 5.74) is 8.65. The van der Waals surface area contributed by atoms with Crippen LogP contribution in [0.5, 0.6) is 0 Å². The minimum Gasteiger partial charge on any atom is -0.451 e. The minimum atomic E-state index is 0.914. The van der Waals surface area contributed by atoms with E-state index in [4.69, 9.17) is 4.42 Å². The van der Waals surface area contributed by atoms with Crippen LogP contribution < -0.4 is 0 Å². The fourth-order valence-corrected chi connectivity index (χ4v) is 6.46. The van der Waals surface area contributed by atoms with Crippen molar-refractivity contribution in [2.45, 2.75) is 0 Å². The number of furan rings is 1. The van der Waals surface area contributed by atoms with Crippen LogP contribution >= 0.6 is 0 Å². The van der Waals surface area contributed by atoms with Crippen LogP contribution in [0, 0.1) is 0 Å². The Kier molecular flexibility index (Phi) is 4.05. The Morgan fingerprint density at radius 2 is 0.897 bits per heavy atom. The standard InChI is InChI=1S/C36H22N2O/c1-3-12-24(13-4-1)37-31-18-10-9-17-29(31)35-34(37)30-22-21-28-27-20-19-23-11-7-8-16-26(23)32(27)38(33(28)36(30)39-35)25-14-5-2-6-15-25/h1-22H. The smallest absolute Gasteiger partial charge is 0.161 e. The molecule has 0 fully saturated rings. The second-order valence-electron chi connectivity index (χ2n) is 10.2. The van der Waals surface area contributed by atoms with Crippen molar-refractivity contribution in [2.75, 3.05) is 0 Å². The molecule has 0 bridgehead atoms. The van der Waals surface area contributed by atoms with Gasteiger partial charge in [-0.1, -0.05) is 91.0 Å². The quantitative estimate of drug-likeness (QED) is 0.233. The summed E-state index contributed by atoms with van der Waals surface area (Å²) in [5, 5.41) is 7.12. The number of nitrogens with zero attached hydrogens (tertiary/aromatic N) is 2. The molecule has 0 spiro atoms. The summed E-state index contributed by atoms with van der Waals surface area (Å²) in [6.07, 6.45) is 0. The van der Waals surface area contributed by atoms with Crippen LogP contribution in [0.2, 0.25) is 0 Å². The summed E-state index contributed by atoms with van der Waals surface area (Å²) in [5.74, 6) is 0. The molecule has 39 heavy (non-hydrogen) atoms. The monoisotopic (exact) mass is 498 g/mol. The Labute approximate surface area is 223 Å². The van der Waals surface area contributed by atoms with Gasteiger partial charge in [-0.25, -0.2) is 0 Å². The fourth-order valence-electron chi connectivity index (χ4n) is 6.46. The third kappa shape index (κ3) is 2.71. The molecule has 9 rings (SSSR count). The van der Waals surface area contributed by atoms with Gasteiger partial charge in [-0.15, -0.1) is 0 Å². The average molecular weight is 499 g/mol. The van der Waals surface area contributed by atoms with E-state index < -0.39 is 0 Å². The molecule has 0 aliphatic carbocycles. The zero-order chi connectivity index (χ0) is 25.5. The Hall–Kier alpha value is -5.28. The molecule has 182 valence electrons. The number of hydrogen-bond donors (Lipinski definition) is 0. The highest BCUT2D eigenvalue weighted by Gasteiger charge is 2.24. The summed E-state index contributed by atoms with van der Waals surface area (Å²) in [7, 11) is 0. The first-order valence-electron chi connectivity index (χ1n) is 13.3. The molecule has 9 aromatic rings. The van der Waals surface area contributed by atoms with Gasteiger partial charge in [0.15, 0.2) is 11.2 Å². The number of hydrogen-bond acceptors (Lipinski definition) is 1. The molecule has 0 unspecified atom stereocenters. The van der Waals surface area contributed by atoms with Gasteiger partial charge in [0.05, 0.1) is 16.6 Å². The van der Waals surface area contributed by atoms with Gasteiger partial charge >= 0.3 is 0 Å². The molecule has 0 aliphatic heterocycles. The molecular weight excluding hydrogens is 476 g/mol. The molecule has 0 amide bonds. The predicted molar refractivity (Wildman–Crippen MR) is 162 cm³/mol. The van der Waals surface area contributed by atoms with Crippen molar-refractivity contribution in [1.29, 1.82) is 0 Å². The molecule has 3 heteroatoms. The van der Waals surface area contributed by atoms with Gasteiger partial charge in [-0.05, 0) is 47.9 Å². The zero-order valence-corrected chi connectivity index (χ0v) is 21.0. The SMILES string of the molecule is c1ccc(-n2c3ccccc3c3oc4c(ccc5c6ccc7ccccc7c6n(-c6ccccc6)c54)c32)cc1. The topological polar surface area (TPSA) is 23.0 Å². The summed E-state index contributed by atoms with van der Waals surface area (Å²) in [6.45, 7) is 0. The maximum Gasteiger partial charge on any atom is 0.161 e.